The first-order valence-corrected chi connectivity index (χ1v) is 2.89. The van der Waals surface area contributed by atoms with E-state index in [1.807, 2.05) is 30.3 Å². The Bertz CT molecular complexity index is 254. The molecule has 2 rings (SSSR count). The van der Waals surface area contributed by atoms with E-state index in [1.54, 1.807) is 6.26 Å². The monoisotopic (exact) mass is 126 g/mol. The van der Waals surface area contributed by atoms with Gasteiger partial charge >= 0.3 is 18.9 Å². The van der Waals surface area contributed by atoms with Crippen LogP contribution >= 0.6 is 0 Å². The molecule has 0 atom stereocenters. The van der Waals surface area contributed by atoms with Crippen LogP contribution in [-0.2, 0) is 0 Å². The standard InChI is InChI=1S/C8H6O.Li.H/c1-3-7-4-2-6-9-8(7)5-1;;/h1-6H;;/q;+1;-1. The Balaban J connectivity index is 0.000000500. The zero-order valence-electron chi connectivity index (χ0n) is 6.87. The van der Waals surface area contributed by atoms with E-state index in [4.69, 9.17) is 4.42 Å². The third kappa shape index (κ3) is 1.11. The zero-order chi connectivity index (χ0) is 6.10. The van der Waals surface area contributed by atoms with Crippen LogP contribution in [0.1, 0.15) is 1.43 Å². The van der Waals surface area contributed by atoms with Crippen molar-refractivity contribution in [3.8, 4) is 11.3 Å². The Morgan fingerprint density at radius 1 is 1.10 bits per heavy atom. The minimum atomic E-state index is 0. The predicted molar refractivity (Wildman–Crippen MR) is 36.4 cm³/mol. The molecule has 1 aliphatic heterocycles. The second-order valence-corrected chi connectivity index (χ2v) is 1.96. The number of hydrogen-bond acceptors (Lipinski definition) is 1. The van der Waals surface area contributed by atoms with Gasteiger partial charge in [-0.3, -0.25) is 0 Å². The summed E-state index contributed by atoms with van der Waals surface area (Å²) in [5, 5.41) is 0. The van der Waals surface area contributed by atoms with Gasteiger partial charge in [-0.25, -0.2) is 0 Å². The number of fused-ring (bicyclic) bond motifs is 1. The summed E-state index contributed by atoms with van der Waals surface area (Å²) in [5.41, 5.74) is 1.16. The van der Waals surface area contributed by atoms with E-state index in [-0.39, 0.29) is 20.3 Å². The summed E-state index contributed by atoms with van der Waals surface area (Å²) in [4.78, 5) is 0. The minimum absolute atomic E-state index is 0. The molecular weight excluding hydrogens is 119 g/mol. The van der Waals surface area contributed by atoms with Crippen LogP contribution < -0.4 is 18.9 Å². The van der Waals surface area contributed by atoms with E-state index in [0.717, 1.165) is 11.3 Å². The van der Waals surface area contributed by atoms with Crippen molar-refractivity contribution >= 4 is 0 Å². The predicted octanol–water partition coefficient (Wildman–Crippen LogP) is -0.499. The maximum Gasteiger partial charge on any atom is 1.00 e. The maximum atomic E-state index is 5.15. The van der Waals surface area contributed by atoms with Gasteiger partial charge in [-0.15, -0.1) is 0 Å². The van der Waals surface area contributed by atoms with E-state index in [2.05, 4.69) is 0 Å². The van der Waals surface area contributed by atoms with Crippen molar-refractivity contribution in [1.82, 2.24) is 0 Å². The molecule has 0 spiro atoms. The molecule has 1 aliphatic carbocycles. The molecule has 0 unspecified atom stereocenters. The first-order valence-electron chi connectivity index (χ1n) is 2.89. The van der Waals surface area contributed by atoms with Crippen molar-refractivity contribution in [2.24, 2.45) is 0 Å². The van der Waals surface area contributed by atoms with Crippen LogP contribution in [0.5, 0.6) is 0 Å². The van der Waals surface area contributed by atoms with Crippen molar-refractivity contribution in [3.63, 3.8) is 0 Å². The average Bonchev–Trinajstić information content (AvgIpc) is 2.33. The first-order chi connectivity index (χ1) is 4.47. The van der Waals surface area contributed by atoms with Gasteiger partial charge in [0.15, 0.2) is 0 Å². The fourth-order valence-corrected chi connectivity index (χ4v) is 0.918. The molecular formula is C8H7LiO. The third-order valence-corrected chi connectivity index (χ3v) is 1.36. The normalized spacial score (nSPS) is 9.20. The van der Waals surface area contributed by atoms with E-state index in [1.165, 1.54) is 0 Å². The quantitative estimate of drug-likeness (QED) is 0.434. The summed E-state index contributed by atoms with van der Waals surface area (Å²) < 4.78 is 5.15. The van der Waals surface area contributed by atoms with Gasteiger partial charge in [-0.2, -0.15) is 0 Å². The van der Waals surface area contributed by atoms with Gasteiger partial charge in [0.1, 0.15) is 5.76 Å². The Morgan fingerprint density at radius 3 is 2.70 bits per heavy atom. The molecule has 0 saturated heterocycles. The van der Waals surface area contributed by atoms with Crippen molar-refractivity contribution in [2.75, 3.05) is 0 Å². The molecule has 0 fully saturated rings. The topological polar surface area (TPSA) is 13.1 Å². The Morgan fingerprint density at radius 2 is 1.90 bits per heavy atom. The number of hydrogen-bond donors (Lipinski definition) is 0. The molecule has 46 valence electrons. The van der Waals surface area contributed by atoms with Gasteiger partial charge in [0, 0.05) is 5.56 Å². The van der Waals surface area contributed by atoms with Crippen molar-refractivity contribution in [1.29, 1.82) is 0 Å². The second-order valence-electron chi connectivity index (χ2n) is 1.96. The molecule has 0 aromatic heterocycles. The van der Waals surface area contributed by atoms with Crippen molar-refractivity contribution < 1.29 is 24.7 Å². The van der Waals surface area contributed by atoms with Crippen LogP contribution in [0, 0.1) is 0 Å². The molecule has 1 nitrogen and oxygen atoms in total. The Hall–Kier alpha value is -0.643. The largest absolute Gasteiger partial charge is 1.00 e. The molecule has 0 saturated carbocycles. The zero-order valence-corrected chi connectivity index (χ0v) is 5.87. The van der Waals surface area contributed by atoms with Crippen LogP contribution in [-0.4, -0.2) is 0 Å². The van der Waals surface area contributed by atoms with Crippen LogP contribution in [0.3, 0.4) is 0 Å². The van der Waals surface area contributed by atoms with Gasteiger partial charge < -0.3 is 5.84 Å². The van der Waals surface area contributed by atoms with E-state index in [9.17, 15) is 0 Å². The SMILES string of the molecule is [H-].[Li+].c1coc2cccc-2c1. The van der Waals surface area contributed by atoms with Gasteiger partial charge in [-0.05, 0) is 18.2 Å². The third-order valence-electron chi connectivity index (χ3n) is 1.36. The fraction of sp³-hybridized carbons (Fsp3) is 0. The summed E-state index contributed by atoms with van der Waals surface area (Å²) in [5.74, 6) is 0.956. The van der Waals surface area contributed by atoms with Crippen LogP contribution in [0.2, 0.25) is 0 Å². The van der Waals surface area contributed by atoms with Gasteiger partial charge in [-0.1, -0.05) is 12.1 Å². The van der Waals surface area contributed by atoms with Gasteiger partial charge in [0.2, 0.25) is 0 Å². The van der Waals surface area contributed by atoms with Crippen molar-refractivity contribution in [3.05, 3.63) is 36.6 Å². The minimum Gasteiger partial charge on any atom is -1.00 e. The van der Waals surface area contributed by atoms with Gasteiger partial charge in [0.25, 0.3) is 0 Å². The molecule has 0 N–H and O–H groups in total. The molecule has 0 bridgehead atoms. The molecule has 0 aromatic rings. The second kappa shape index (κ2) is 2.96. The van der Waals surface area contributed by atoms with E-state index < -0.39 is 0 Å². The summed E-state index contributed by atoms with van der Waals surface area (Å²) in [6.07, 6.45) is 1.68. The first kappa shape index (κ1) is 7.46. The molecule has 0 aromatic carbocycles. The van der Waals surface area contributed by atoms with Crippen LogP contribution in [0.4, 0.5) is 0 Å². The summed E-state index contributed by atoms with van der Waals surface area (Å²) in [6.45, 7) is 0. The van der Waals surface area contributed by atoms with E-state index >= 15 is 0 Å². The average molecular weight is 126 g/mol. The molecule has 2 heteroatoms. The Kier molecular flexibility index (Phi) is 2.21. The summed E-state index contributed by atoms with van der Waals surface area (Å²) >= 11 is 0. The van der Waals surface area contributed by atoms with Crippen molar-refractivity contribution in [2.45, 2.75) is 0 Å². The molecule has 10 heavy (non-hydrogen) atoms. The fourth-order valence-electron chi connectivity index (χ4n) is 0.918. The Labute approximate surface area is 73.0 Å². The molecule has 0 amide bonds. The van der Waals surface area contributed by atoms with Gasteiger partial charge in [0.05, 0.1) is 6.26 Å². The number of rotatable bonds is 0. The van der Waals surface area contributed by atoms with Crippen LogP contribution in [0.15, 0.2) is 41.0 Å². The van der Waals surface area contributed by atoms with Crippen LogP contribution in [0.25, 0.3) is 11.3 Å². The molecule has 1 heterocycles. The van der Waals surface area contributed by atoms with E-state index in [0.29, 0.717) is 0 Å². The summed E-state index contributed by atoms with van der Waals surface area (Å²) in [6, 6.07) is 9.88. The maximum absolute atomic E-state index is 5.15. The smallest absolute Gasteiger partial charge is 1.00 e. The molecule has 0 radical (unpaired) electrons. The molecule has 2 aliphatic rings. The summed E-state index contributed by atoms with van der Waals surface area (Å²) in [7, 11) is 0.